The molecule has 1 atom stereocenters. The van der Waals surface area contributed by atoms with Crippen molar-refractivity contribution in [3.8, 4) is 11.3 Å². The lowest BCUT2D eigenvalue weighted by Gasteiger charge is -2.02. The molecular formula is C14H15NO4S. The minimum atomic E-state index is -0.917. The van der Waals surface area contributed by atoms with E-state index in [2.05, 4.69) is 4.98 Å². The number of thiazole rings is 1. The lowest BCUT2D eigenvalue weighted by Crippen LogP contribution is -2.14. The Balaban J connectivity index is 2.35. The zero-order chi connectivity index (χ0) is 14.5. The number of hydrogen-bond acceptors (Lipinski definition) is 5. The van der Waals surface area contributed by atoms with Crippen molar-refractivity contribution in [2.24, 2.45) is 0 Å². The molecule has 20 heavy (non-hydrogen) atoms. The third kappa shape index (κ3) is 3.63. The van der Waals surface area contributed by atoms with Crippen LogP contribution in [0.2, 0.25) is 0 Å². The van der Waals surface area contributed by atoms with Gasteiger partial charge in [-0.3, -0.25) is 4.79 Å². The highest BCUT2D eigenvalue weighted by Gasteiger charge is 2.17. The summed E-state index contributed by atoms with van der Waals surface area (Å²) < 4.78 is 0. The van der Waals surface area contributed by atoms with Crippen LogP contribution in [0.1, 0.15) is 9.88 Å². The third-order valence-electron chi connectivity index (χ3n) is 2.72. The molecule has 0 aliphatic carbocycles. The Kier molecular flexibility index (Phi) is 4.84. The molecule has 1 unspecified atom stereocenters. The molecular weight excluding hydrogens is 278 g/mol. The number of aromatic nitrogens is 1. The van der Waals surface area contributed by atoms with E-state index in [-0.39, 0.29) is 19.4 Å². The van der Waals surface area contributed by atoms with Crippen molar-refractivity contribution >= 4 is 17.3 Å². The summed E-state index contributed by atoms with van der Waals surface area (Å²) in [6.45, 7) is -0.339. The van der Waals surface area contributed by atoms with Gasteiger partial charge in [0.1, 0.15) is 0 Å². The van der Waals surface area contributed by atoms with Gasteiger partial charge in [0.05, 0.1) is 29.8 Å². The maximum Gasteiger partial charge on any atom is 0.308 e. The largest absolute Gasteiger partial charge is 0.481 e. The molecule has 1 aromatic carbocycles. The Bertz CT molecular complexity index is 582. The number of carbonyl (C=O) groups is 1. The van der Waals surface area contributed by atoms with E-state index in [0.29, 0.717) is 15.6 Å². The summed E-state index contributed by atoms with van der Waals surface area (Å²) in [6, 6.07) is 9.34. The van der Waals surface area contributed by atoms with Crippen molar-refractivity contribution in [1.82, 2.24) is 4.98 Å². The fourth-order valence-electron chi connectivity index (χ4n) is 1.83. The third-order valence-corrected chi connectivity index (χ3v) is 3.80. The molecule has 6 heteroatoms. The lowest BCUT2D eigenvalue weighted by molar-refractivity contribution is -0.136. The van der Waals surface area contributed by atoms with Gasteiger partial charge in [-0.05, 0) is 0 Å². The normalized spacial score (nSPS) is 12.3. The molecule has 106 valence electrons. The molecule has 0 amide bonds. The van der Waals surface area contributed by atoms with Gasteiger partial charge in [-0.15, -0.1) is 11.3 Å². The Morgan fingerprint density at radius 3 is 2.60 bits per heavy atom. The zero-order valence-electron chi connectivity index (χ0n) is 10.7. The number of aliphatic carboxylic acids is 1. The topological polar surface area (TPSA) is 90.7 Å². The van der Waals surface area contributed by atoms with E-state index in [1.165, 1.54) is 11.3 Å². The molecule has 0 saturated carbocycles. The molecule has 0 spiro atoms. The number of hydrogen-bond donors (Lipinski definition) is 3. The average molecular weight is 293 g/mol. The van der Waals surface area contributed by atoms with Crippen molar-refractivity contribution < 1.29 is 20.1 Å². The van der Waals surface area contributed by atoms with Gasteiger partial charge in [0, 0.05) is 16.9 Å². The number of rotatable bonds is 6. The Morgan fingerprint density at radius 1 is 1.30 bits per heavy atom. The Hall–Kier alpha value is -1.76. The molecule has 0 aliphatic rings. The summed E-state index contributed by atoms with van der Waals surface area (Å²) in [6.07, 6.45) is -0.750. The number of aliphatic hydroxyl groups is 2. The van der Waals surface area contributed by atoms with Crippen molar-refractivity contribution in [3.05, 3.63) is 40.2 Å². The molecule has 0 fully saturated rings. The molecule has 0 radical (unpaired) electrons. The number of carboxylic acid groups (broad SMARTS) is 1. The van der Waals surface area contributed by atoms with E-state index >= 15 is 0 Å². The second-order valence-corrected chi connectivity index (χ2v) is 5.52. The van der Waals surface area contributed by atoms with Crippen LogP contribution in [-0.4, -0.2) is 39.0 Å². The van der Waals surface area contributed by atoms with E-state index in [9.17, 15) is 9.90 Å². The summed E-state index contributed by atoms with van der Waals surface area (Å²) in [7, 11) is 0. The summed E-state index contributed by atoms with van der Waals surface area (Å²) in [5.74, 6) is -0.917. The lowest BCUT2D eigenvalue weighted by atomic mass is 10.1. The first-order chi connectivity index (χ1) is 9.60. The molecule has 3 N–H and O–H groups in total. The quantitative estimate of drug-likeness (QED) is 0.747. The number of nitrogens with zero attached hydrogens (tertiary/aromatic N) is 1. The standard InChI is InChI=1S/C14H15NO4S/c16-8-10(17)6-12-15-14(9-4-2-1-3-5-9)11(20-12)7-13(18)19/h1-5,10,16-17H,6-8H2,(H,18,19). The summed E-state index contributed by atoms with van der Waals surface area (Å²) in [4.78, 5) is 16.0. The first-order valence-electron chi connectivity index (χ1n) is 6.15. The van der Waals surface area contributed by atoms with Crippen LogP contribution in [0, 0.1) is 0 Å². The summed E-state index contributed by atoms with van der Waals surface area (Å²) >= 11 is 1.26. The fourth-order valence-corrected chi connectivity index (χ4v) is 2.99. The van der Waals surface area contributed by atoms with Crippen molar-refractivity contribution in [2.75, 3.05) is 6.61 Å². The van der Waals surface area contributed by atoms with Crippen molar-refractivity contribution in [2.45, 2.75) is 18.9 Å². The maximum atomic E-state index is 10.9. The van der Waals surface area contributed by atoms with Crippen molar-refractivity contribution in [3.63, 3.8) is 0 Å². The van der Waals surface area contributed by atoms with Crippen LogP contribution in [0.5, 0.6) is 0 Å². The van der Waals surface area contributed by atoms with Crippen molar-refractivity contribution in [1.29, 1.82) is 0 Å². The maximum absolute atomic E-state index is 10.9. The first-order valence-corrected chi connectivity index (χ1v) is 6.96. The van der Waals surface area contributed by atoms with Crippen LogP contribution in [-0.2, 0) is 17.6 Å². The van der Waals surface area contributed by atoms with Gasteiger partial charge >= 0.3 is 5.97 Å². The monoisotopic (exact) mass is 293 g/mol. The van der Waals surface area contributed by atoms with Gasteiger partial charge in [0.15, 0.2) is 0 Å². The zero-order valence-corrected chi connectivity index (χ0v) is 11.5. The van der Waals surface area contributed by atoms with Gasteiger partial charge in [-0.1, -0.05) is 30.3 Å². The predicted molar refractivity (Wildman–Crippen MR) is 75.7 cm³/mol. The number of benzene rings is 1. The average Bonchev–Trinajstić information content (AvgIpc) is 2.81. The molecule has 0 aliphatic heterocycles. The van der Waals surface area contributed by atoms with Crippen LogP contribution >= 0.6 is 11.3 Å². The van der Waals surface area contributed by atoms with E-state index in [4.69, 9.17) is 10.2 Å². The van der Waals surface area contributed by atoms with Crippen LogP contribution < -0.4 is 0 Å². The smallest absolute Gasteiger partial charge is 0.308 e. The first kappa shape index (κ1) is 14.6. The Morgan fingerprint density at radius 2 is 2.00 bits per heavy atom. The van der Waals surface area contributed by atoms with Gasteiger partial charge in [0.2, 0.25) is 0 Å². The minimum absolute atomic E-state index is 0.100. The molecule has 0 bridgehead atoms. The molecule has 0 saturated heterocycles. The van der Waals surface area contributed by atoms with Gasteiger partial charge in [0.25, 0.3) is 0 Å². The van der Waals surface area contributed by atoms with Gasteiger partial charge < -0.3 is 15.3 Å². The highest BCUT2D eigenvalue weighted by atomic mass is 32.1. The molecule has 1 aromatic heterocycles. The highest BCUT2D eigenvalue weighted by molar-refractivity contribution is 7.12. The SMILES string of the molecule is O=C(O)Cc1sc(CC(O)CO)nc1-c1ccccc1. The number of aliphatic hydroxyl groups excluding tert-OH is 2. The van der Waals surface area contributed by atoms with Gasteiger partial charge in [-0.25, -0.2) is 4.98 Å². The van der Waals surface area contributed by atoms with E-state index < -0.39 is 12.1 Å². The van der Waals surface area contributed by atoms with Gasteiger partial charge in [-0.2, -0.15) is 0 Å². The van der Waals surface area contributed by atoms with Crippen LogP contribution in [0.4, 0.5) is 0 Å². The predicted octanol–water partition coefficient (Wildman–Crippen LogP) is 1.33. The number of carboxylic acids is 1. The fraction of sp³-hybridized carbons (Fsp3) is 0.286. The molecule has 1 heterocycles. The molecule has 2 rings (SSSR count). The Labute approximate surface area is 120 Å². The van der Waals surface area contributed by atoms with E-state index in [0.717, 1.165) is 5.56 Å². The summed E-state index contributed by atoms with van der Waals surface area (Å²) in [5, 5.41) is 27.9. The molecule has 2 aromatic rings. The molecule has 5 nitrogen and oxygen atoms in total. The second kappa shape index (κ2) is 6.60. The summed E-state index contributed by atoms with van der Waals surface area (Å²) in [5.41, 5.74) is 1.49. The minimum Gasteiger partial charge on any atom is -0.481 e. The van der Waals surface area contributed by atoms with Crippen LogP contribution in [0.25, 0.3) is 11.3 Å². The second-order valence-electron chi connectivity index (χ2n) is 4.36. The van der Waals surface area contributed by atoms with E-state index in [1.54, 1.807) is 0 Å². The van der Waals surface area contributed by atoms with Crippen LogP contribution in [0.15, 0.2) is 30.3 Å². The van der Waals surface area contributed by atoms with E-state index in [1.807, 2.05) is 30.3 Å². The van der Waals surface area contributed by atoms with Crippen LogP contribution in [0.3, 0.4) is 0 Å². The highest BCUT2D eigenvalue weighted by Crippen LogP contribution is 2.29.